The molecule has 0 heterocycles. The zero-order valence-corrected chi connectivity index (χ0v) is 18.0. The third-order valence-corrected chi connectivity index (χ3v) is 4.99. The molecule has 0 fully saturated rings. The van der Waals surface area contributed by atoms with Gasteiger partial charge in [-0.05, 0) is 12.8 Å². The minimum absolute atomic E-state index is 0.0377. The van der Waals surface area contributed by atoms with Gasteiger partial charge in [0.05, 0.1) is 11.5 Å². The molecular formula is C14H22Cl2F2O7S2. The molecule has 0 atom stereocenters. The van der Waals surface area contributed by atoms with Crippen LogP contribution >= 0.6 is 21.4 Å². The number of hydrogen-bond donors (Lipinski definition) is 0. The largest absolute Gasteiger partial charge is 0.467 e. The molecule has 0 aliphatic rings. The normalized spacial score (nSPS) is 14.3. The van der Waals surface area contributed by atoms with Gasteiger partial charge in [0, 0.05) is 34.2 Å². The van der Waals surface area contributed by atoms with Gasteiger partial charge in [0.2, 0.25) is 18.1 Å². The number of allylic oxidation sites excluding steroid dienone is 2. The standard InChI is InChI=1S/C14H22Cl2F2O7S2/c1-3-5-11(13(17)23-7-9-26(15,19)20)25-12(6-4-2)14(18)24-8-10-27(16,21)22/h3-10H2,1-2H3. The molecule has 0 aliphatic carbocycles. The molecule has 0 aromatic heterocycles. The smallest absolute Gasteiger partial charge is 0.311 e. The first-order valence-corrected chi connectivity index (χ1v) is 12.9. The highest BCUT2D eigenvalue weighted by Gasteiger charge is 2.18. The Bertz CT molecular complexity index is 673. The summed E-state index contributed by atoms with van der Waals surface area (Å²) in [6.45, 7) is 2.32. The highest BCUT2D eigenvalue weighted by atomic mass is 35.7. The third kappa shape index (κ3) is 14.0. The van der Waals surface area contributed by atoms with E-state index < -0.39 is 54.8 Å². The summed E-state index contributed by atoms with van der Waals surface area (Å²) in [5.74, 6) is -1.94. The molecule has 0 saturated heterocycles. The van der Waals surface area contributed by atoms with Gasteiger partial charge in [0.1, 0.15) is 13.2 Å². The van der Waals surface area contributed by atoms with Gasteiger partial charge in [-0.2, -0.15) is 8.78 Å². The summed E-state index contributed by atoms with van der Waals surface area (Å²) in [5, 5.41) is 0. The van der Waals surface area contributed by atoms with Crippen molar-refractivity contribution in [3.8, 4) is 0 Å². The maximum absolute atomic E-state index is 14.1. The minimum atomic E-state index is -3.86. The van der Waals surface area contributed by atoms with Crippen LogP contribution in [0.25, 0.3) is 0 Å². The highest BCUT2D eigenvalue weighted by molar-refractivity contribution is 8.14. The summed E-state index contributed by atoms with van der Waals surface area (Å²) in [5.41, 5.74) is 0. The Morgan fingerprint density at radius 2 is 1.11 bits per heavy atom. The van der Waals surface area contributed by atoms with Crippen LogP contribution in [0, 0.1) is 0 Å². The summed E-state index contributed by atoms with van der Waals surface area (Å²) in [7, 11) is 2.29. The first-order valence-electron chi connectivity index (χ1n) is 7.95. The van der Waals surface area contributed by atoms with Crippen molar-refractivity contribution in [2.75, 3.05) is 24.7 Å². The number of ether oxygens (including phenoxy) is 3. The van der Waals surface area contributed by atoms with Crippen LogP contribution in [-0.2, 0) is 32.3 Å². The van der Waals surface area contributed by atoms with E-state index in [1.165, 1.54) is 0 Å². The molecule has 27 heavy (non-hydrogen) atoms. The predicted molar refractivity (Wildman–Crippen MR) is 98.4 cm³/mol. The Kier molecular flexibility index (Phi) is 12.3. The van der Waals surface area contributed by atoms with E-state index in [1.54, 1.807) is 13.8 Å². The van der Waals surface area contributed by atoms with Crippen LogP contribution in [0.3, 0.4) is 0 Å². The minimum Gasteiger partial charge on any atom is -0.467 e. The number of halogens is 4. The first kappa shape index (κ1) is 26.2. The molecule has 0 spiro atoms. The first-order chi connectivity index (χ1) is 12.4. The average Bonchev–Trinajstić information content (AvgIpc) is 2.51. The molecule has 0 aliphatic heterocycles. The lowest BCUT2D eigenvalue weighted by molar-refractivity contribution is 0.0994. The van der Waals surface area contributed by atoms with E-state index in [9.17, 15) is 25.6 Å². The monoisotopic (exact) mass is 474 g/mol. The van der Waals surface area contributed by atoms with Crippen molar-refractivity contribution < 1.29 is 39.8 Å². The summed E-state index contributed by atoms with van der Waals surface area (Å²) < 4.78 is 86.0. The Morgan fingerprint density at radius 1 is 0.778 bits per heavy atom. The maximum Gasteiger partial charge on any atom is 0.311 e. The molecule has 7 nitrogen and oxygen atoms in total. The molecule has 0 N–H and O–H groups in total. The zero-order chi connectivity index (χ0) is 21.1. The van der Waals surface area contributed by atoms with Gasteiger partial charge in [-0.1, -0.05) is 13.8 Å². The summed E-state index contributed by atoms with van der Waals surface area (Å²) >= 11 is 0. The third-order valence-electron chi connectivity index (χ3n) is 2.75. The molecule has 0 amide bonds. The molecule has 13 heteroatoms. The topological polar surface area (TPSA) is 96.0 Å². The van der Waals surface area contributed by atoms with Gasteiger partial charge in [-0.15, -0.1) is 0 Å². The van der Waals surface area contributed by atoms with Gasteiger partial charge in [-0.3, -0.25) is 0 Å². The maximum atomic E-state index is 14.1. The van der Waals surface area contributed by atoms with Crippen molar-refractivity contribution in [3.05, 3.63) is 23.5 Å². The lowest BCUT2D eigenvalue weighted by Gasteiger charge is -2.15. The van der Waals surface area contributed by atoms with Crippen LogP contribution in [0.4, 0.5) is 8.78 Å². The molecule has 0 unspecified atom stereocenters. The quantitative estimate of drug-likeness (QED) is 0.276. The van der Waals surface area contributed by atoms with Crippen molar-refractivity contribution in [2.45, 2.75) is 39.5 Å². The van der Waals surface area contributed by atoms with Gasteiger partial charge in [0.25, 0.3) is 0 Å². The van der Waals surface area contributed by atoms with Crippen molar-refractivity contribution in [2.24, 2.45) is 0 Å². The van der Waals surface area contributed by atoms with E-state index >= 15 is 0 Å². The van der Waals surface area contributed by atoms with Gasteiger partial charge in [0.15, 0.2) is 11.5 Å². The lowest BCUT2D eigenvalue weighted by atomic mass is 10.2. The van der Waals surface area contributed by atoms with Crippen molar-refractivity contribution in [3.63, 3.8) is 0 Å². The molecule has 0 rings (SSSR count). The molecule has 0 aromatic carbocycles. The van der Waals surface area contributed by atoms with Crippen molar-refractivity contribution >= 4 is 39.5 Å². The molecule has 0 radical (unpaired) electrons. The van der Waals surface area contributed by atoms with Crippen LogP contribution in [0.2, 0.25) is 0 Å². The molecule has 0 bridgehead atoms. The van der Waals surface area contributed by atoms with Gasteiger partial charge >= 0.3 is 12.0 Å². The summed E-state index contributed by atoms with van der Waals surface area (Å²) in [6.07, 6.45) is 0.921. The van der Waals surface area contributed by atoms with Crippen molar-refractivity contribution in [1.29, 1.82) is 0 Å². The van der Waals surface area contributed by atoms with Gasteiger partial charge in [-0.25, -0.2) is 16.8 Å². The van der Waals surface area contributed by atoms with E-state index in [1.807, 2.05) is 0 Å². The predicted octanol–water partition coefficient (Wildman–Crippen LogP) is 4.05. The summed E-state index contributed by atoms with van der Waals surface area (Å²) in [4.78, 5) is 0. The van der Waals surface area contributed by atoms with Crippen LogP contribution in [0.5, 0.6) is 0 Å². The van der Waals surface area contributed by atoms with E-state index in [0.717, 1.165) is 0 Å². The number of rotatable bonds is 14. The number of hydrogen-bond acceptors (Lipinski definition) is 7. The van der Waals surface area contributed by atoms with E-state index in [0.29, 0.717) is 12.8 Å². The van der Waals surface area contributed by atoms with Crippen LogP contribution in [0.1, 0.15) is 39.5 Å². The van der Waals surface area contributed by atoms with Crippen LogP contribution in [0.15, 0.2) is 23.5 Å². The second-order valence-corrected chi connectivity index (χ2v) is 11.0. The van der Waals surface area contributed by atoms with E-state index in [-0.39, 0.29) is 24.4 Å². The molecular weight excluding hydrogens is 453 g/mol. The molecule has 160 valence electrons. The van der Waals surface area contributed by atoms with Crippen LogP contribution < -0.4 is 0 Å². The molecule has 0 aromatic rings. The summed E-state index contributed by atoms with van der Waals surface area (Å²) in [6, 6.07) is -2.41. The molecule has 0 saturated carbocycles. The lowest BCUT2D eigenvalue weighted by Crippen LogP contribution is -2.09. The Labute approximate surface area is 167 Å². The van der Waals surface area contributed by atoms with E-state index in [4.69, 9.17) is 26.1 Å². The fraction of sp³-hybridized carbons (Fsp3) is 0.714. The average molecular weight is 475 g/mol. The SMILES string of the molecule is CCCC(OC(CCC)=C(F)OCCS(=O)(=O)Cl)=C(F)OCCS(=O)(=O)Cl. The Morgan fingerprint density at radius 3 is 1.37 bits per heavy atom. The second kappa shape index (κ2) is 12.6. The Balaban J connectivity index is 5.23. The van der Waals surface area contributed by atoms with Gasteiger partial charge < -0.3 is 14.2 Å². The second-order valence-electron chi connectivity index (χ2n) is 5.18. The van der Waals surface area contributed by atoms with E-state index in [2.05, 4.69) is 9.47 Å². The van der Waals surface area contributed by atoms with Crippen LogP contribution in [-0.4, -0.2) is 41.6 Å². The fourth-order valence-corrected chi connectivity index (χ4v) is 2.55. The fourth-order valence-electron chi connectivity index (χ4n) is 1.60. The highest BCUT2D eigenvalue weighted by Crippen LogP contribution is 2.25. The zero-order valence-electron chi connectivity index (χ0n) is 14.8. The Hall–Kier alpha value is -0.780. The van der Waals surface area contributed by atoms with Crippen molar-refractivity contribution in [1.82, 2.24) is 0 Å².